The SMILES string of the molecule is C=C(NC(C)c1nc2ccc(Cl)cc2[nH]1)c1cc(Cl)c(C(=O)N(CC)CCN)cc1N=CN. The van der Waals surface area contributed by atoms with Crippen molar-refractivity contribution < 1.29 is 4.79 Å². The van der Waals surface area contributed by atoms with Crippen LogP contribution >= 0.6 is 23.2 Å². The van der Waals surface area contributed by atoms with Gasteiger partial charge >= 0.3 is 0 Å². The highest BCUT2D eigenvalue weighted by atomic mass is 35.5. The summed E-state index contributed by atoms with van der Waals surface area (Å²) in [4.78, 5) is 26.7. The van der Waals surface area contributed by atoms with E-state index in [1.54, 1.807) is 23.1 Å². The first-order chi connectivity index (χ1) is 15.8. The van der Waals surface area contributed by atoms with E-state index in [9.17, 15) is 4.79 Å². The van der Waals surface area contributed by atoms with E-state index in [-0.39, 0.29) is 17.0 Å². The van der Waals surface area contributed by atoms with E-state index in [1.807, 2.05) is 26.0 Å². The van der Waals surface area contributed by atoms with Gasteiger partial charge in [-0.3, -0.25) is 4.79 Å². The first kappa shape index (κ1) is 24.6. The molecular weight excluding hydrogens is 461 g/mol. The molecule has 10 heteroatoms. The molecule has 1 unspecified atom stereocenters. The van der Waals surface area contributed by atoms with Crippen LogP contribution in [0.15, 0.2) is 41.9 Å². The number of benzene rings is 2. The molecule has 0 fully saturated rings. The summed E-state index contributed by atoms with van der Waals surface area (Å²) in [6, 6.07) is 8.53. The van der Waals surface area contributed by atoms with Crippen molar-refractivity contribution in [3.05, 3.63) is 63.9 Å². The number of H-pyrrole nitrogens is 1. The minimum absolute atomic E-state index is 0.210. The normalized spacial score (nSPS) is 12.3. The van der Waals surface area contributed by atoms with Crippen LogP contribution in [-0.2, 0) is 0 Å². The Labute approximate surface area is 202 Å². The summed E-state index contributed by atoms with van der Waals surface area (Å²) in [6.07, 6.45) is 1.16. The Hall–Kier alpha value is -3.07. The second-order valence-corrected chi connectivity index (χ2v) is 8.27. The molecule has 0 radical (unpaired) electrons. The van der Waals surface area contributed by atoms with Gasteiger partial charge in [0, 0.05) is 35.9 Å². The Morgan fingerprint density at radius 3 is 2.76 bits per heavy atom. The largest absolute Gasteiger partial charge is 0.390 e. The molecule has 3 rings (SSSR count). The molecule has 8 nitrogen and oxygen atoms in total. The predicted octanol–water partition coefficient (Wildman–Crippen LogP) is 4.23. The van der Waals surface area contributed by atoms with E-state index in [0.717, 1.165) is 23.2 Å². The van der Waals surface area contributed by atoms with Gasteiger partial charge in [-0.1, -0.05) is 29.8 Å². The minimum Gasteiger partial charge on any atom is -0.390 e. The summed E-state index contributed by atoms with van der Waals surface area (Å²) >= 11 is 12.6. The average Bonchev–Trinajstić information content (AvgIpc) is 3.21. The van der Waals surface area contributed by atoms with Crippen molar-refractivity contribution in [2.75, 3.05) is 19.6 Å². The van der Waals surface area contributed by atoms with Crippen molar-refractivity contribution in [1.29, 1.82) is 0 Å². The number of amides is 1. The number of aromatic nitrogens is 2. The Balaban J connectivity index is 1.89. The number of carbonyl (C=O) groups excluding carboxylic acids is 1. The lowest BCUT2D eigenvalue weighted by Crippen LogP contribution is -2.35. The topological polar surface area (TPSA) is 125 Å². The number of hydrogen-bond acceptors (Lipinski definition) is 5. The number of aromatic amines is 1. The fourth-order valence-corrected chi connectivity index (χ4v) is 3.91. The number of aliphatic imine (C=N–C) groups is 1. The summed E-state index contributed by atoms with van der Waals surface area (Å²) in [6.45, 7) is 9.26. The Kier molecular flexibility index (Phi) is 7.97. The summed E-state index contributed by atoms with van der Waals surface area (Å²) in [5, 5.41) is 4.23. The van der Waals surface area contributed by atoms with Crippen LogP contribution in [0.4, 0.5) is 5.69 Å². The Morgan fingerprint density at radius 2 is 2.09 bits per heavy atom. The zero-order valence-corrected chi connectivity index (χ0v) is 20.0. The van der Waals surface area contributed by atoms with E-state index >= 15 is 0 Å². The molecule has 1 atom stereocenters. The number of nitrogens with two attached hydrogens (primary N) is 2. The molecule has 3 aromatic rings. The van der Waals surface area contributed by atoms with Crippen LogP contribution in [0.2, 0.25) is 10.0 Å². The maximum atomic E-state index is 12.9. The van der Waals surface area contributed by atoms with Crippen molar-refractivity contribution >= 4 is 57.9 Å². The number of nitrogens with zero attached hydrogens (tertiary/aromatic N) is 3. The Morgan fingerprint density at radius 1 is 1.33 bits per heavy atom. The molecular formula is C23H27Cl2N7O. The summed E-state index contributed by atoms with van der Waals surface area (Å²) in [7, 11) is 0. The number of fused-ring (bicyclic) bond motifs is 1. The zero-order valence-electron chi connectivity index (χ0n) is 18.5. The maximum Gasteiger partial charge on any atom is 0.255 e. The predicted molar refractivity (Wildman–Crippen MR) is 136 cm³/mol. The molecule has 0 aliphatic rings. The third kappa shape index (κ3) is 5.47. The molecule has 0 saturated carbocycles. The van der Waals surface area contributed by atoms with E-state index in [2.05, 4.69) is 26.9 Å². The second kappa shape index (κ2) is 10.7. The molecule has 33 heavy (non-hydrogen) atoms. The van der Waals surface area contributed by atoms with E-state index in [1.165, 1.54) is 0 Å². The molecule has 0 bridgehead atoms. The van der Waals surface area contributed by atoms with Crippen LogP contribution < -0.4 is 16.8 Å². The minimum atomic E-state index is -0.221. The van der Waals surface area contributed by atoms with Crippen LogP contribution in [0.25, 0.3) is 16.7 Å². The molecule has 0 aliphatic heterocycles. The van der Waals surface area contributed by atoms with Gasteiger partial charge < -0.3 is 26.7 Å². The van der Waals surface area contributed by atoms with E-state index in [4.69, 9.17) is 34.7 Å². The quantitative estimate of drug-likeness (QED) is 0.265. The van der Waals surface area contributed by atoms with Crippen LogP contribution in [0, 0.1) is 0 Å². The third-order valence-electron chi connectivity index (χ3n) is 5.19. The van der Waals surface area contributed by atoms with Crippen molar-refractivity contribution in [3.63, 3.8) is 0 Å². The molecule has 0 spiro atoms. The monoisotopic (exact) mass is 487 g/mol. The van der Waals surface area contributed by atoms with Crippen LogP contribution in [-0.4, -0.2) is 46.7 Å². The molecule has 2 aromatic carbocycles. The van der Waals surface area contributed by atoms with E-state index in [0.29, 0.717) is 47.2 Å². The van der Waals surface area contributed by atoms with Crippen LogP contribution in [0.1, 0.15) is 41.6 Å². The number of imidazole rings is 1. The maximum absolute atomic E-state index is 12.9. The van der Waals surface area contributed by atoms with Gasteiger partial charge in [-0.2, -0.15) is 0 Å². The van der Waals surface area contributed by atoms with Crippen LogP contribution in [0.5, 0.6) is 0 Å². The van der Waals surface area contributed by atoms with Crippen molar-refractivity contribution in [3.8, 4) is 0 Å². The number of hydrogen-bond donors (Lipinski definition) is 4. The number of nitrogens with one attached hydrogen (secondary N) is 2. The first-order valence-corrected chi connectivity index (χ1v) is 11.2. The highest BCUT2D eigenvalue weighted by Gasteiger charge is 2.21. The summed E-state index contributed by atoms with van der Waals surface area (Å²) in [5.74, 6) is 0.497. The van der Waals surface area contributed by atoms with Crippen molar-refractivity contribution in [2.45, 2.75) is 19.9 Å². The molecule has 0 saturated heterocycles. The van der Waals surface area contributed by atoms with Gasteiger partial charge in [-0.05, 0) is 44.2 Å². The standard InChI is InChI=1S/C23H27Cl2N7O/c1-4-32(8-7-26)23(33)17-11-20(28-12-27)16(10-18(17)25)13(2)29-14(3)22-30-19-6-5-15(24)9-21(19)31-22/h5-6,9-12,14,29H,2,4,7-8,26H2,1,3H3,(H2,27,28)(H,30,31). The van der Waals surface area contributed by atoms with Crippen molar-refractivity contribution in [2.24, 2.45) is 16.5 Å². The van der Waals surface area contributed by atoms with Crippen LogP contribution in [0.3, 0.4) is 0 Å². The second-order valence-electron chi connectivity index (χ2n) is 7.43. The highest BCUT2D eigenvalue weighted by Crippen LogP contribution is 2.32. The molecule has 174 valence electrons. The fraction of sp³-hybridized carbons (Fsp3) is 0.261. The van der Waals surface area contributed by atoms with Gasteiger partial charge in [0.05, 0.1) is 39.7 Å². The van der Waals surface area contributed by atoms with Gasteiger partial charge in [0.1, 0.15) is 5.82 Å². The summed E-state index contributed by atoms with van der Waals surface area (Å²) < 4.78 is 0. The van der Waals surface area contributed by atoms with E-state index < -0.39 is 0 Å². The molecule has 6 N–H and O–H groups in total. The lowest BCUT2D eigenvalue weighted by molar-refractivity contribution is 0.0769. The molecule has 1 aromatic heterocycles. The average molecular weight is 488 g/mol. The third-order valence-corrected chi connectivity index (χ3v) is 5.73. The fourth-order valence-electron chi connectivity index (χ4n) is 3.50. The molecule has 1 amide bonds. The van der Waals surface area contributed by atoms with Gasteiger partial charge in [0.2, 0.25) is 0 Å². The Bertz CT molecular complexity index is 1200. The zero-order chi connectivity index (χ0) is 24.1. The highest BCUT2D eigenvalue weighted by molar-refractivity contribution is 6.34. The molecule has 1 heterocycles. The van der Waals surface area contributed by atoms with Crippen molar-refractivity contribution in [1.82, 2.24) is 20.2 Å². The van der Waals surface area contributed by atoms with Gasteiger partial charge in [-0.25, -0.2) is 9.98 Å². The lowest BCUT2D eigenvalue weighted by atomic mass is 10.0. The van der Waals surface area contributed by atoms with Gasteiger partial charge in [0.25, 0.3) is 5.91 Å². The lowest BCUT2D eigenvalue weighted by Gasteiger charge is -2.22. The first-order valence-electron chi connectivity index (χ1n) is 10.5. The van der Waals surface area contributed by atoms with Gasteiger partial charge in [0.15, 0.2) is 0 Å². The smallest absolute Gasteiger partial charge is 0.255 e. The number of halogens is 2. The van der Waals surface area contributed by atoms with Gasteiger partial charge in [-0.15, -0.1) is 0 Å². The summed E-state index contributed by atoms with van der Waals surface area (Å²) in [5.41, 5.74) is 14.8. The molecule has 0 aliphatic carbocycles. The number of carbonyl (C=O) groups is 1. The number of rotatable bonds is 9. The number of likely N-dealkylation sites (N-methyl/N-ethyl adjacent to an activating group) is 1.